The summed E-state index contributed by atoms with van der Waals surface area (Å²) in [6.07, 6.45) is 0.112. The maximum atomic E-state index is 10.8. The molecule has 0 aliphatic rings. The Morgan fingerprint density at radius 3 is 2.80 bits per heavy atom. The Morgan fingerprint density at radius 2 is 2.05 bits per heavy atom. The lowest BCUT2D eigenvalue weighted by Crippen LogP contribution is -2.19. The van der Waals surface area contributed by atoms with Gasteiger partial charge in [0, 0.05) is 29.8 Å². The quantitative estimate of drug-likeness (QED) is 0.884. The number of hydrogen-bond acceptors (Lipinski definition) is 5. The number of aromatic nitrogens is 1. The van der Waals surface area contributed by atoms with Crippen LogP contribution in [0.25, 0.3) is 10.9 Å². The molecule has 2 rings (SSSR count). The molecule has 0 saturated carbocycles. The summed E-state index contributed by atoms with van der Waals surface area (Å²) < 4.78 is 0. The van der Waals surface area contributed by atoms with Crippen LogP contribution in [0.1, 0.15) is 25.0 Å². The molecule has 0 aliphatic heterocycles. The molecule has 5 heteroatoms. The molecule has 2 N–H and O–H groups in total. The van der Waals surface area contributed by atoms with E-state index in [-0.39, 0.29) is 5.12 Å². The van der Waals surface area contributed by atoms with Gasteiger partial charge in [-0.15, -0.1) is 0 Å². The van der Waals surface area contributed by atoms with Crippen LogP contribution >= 0.6 is 11.8 Å². The first kappa shape index (κ1) is 15.0. The van der Waals surface area contributed by atoms with E-state index in [0.717, 1.165) is 17.1 Å². The maximum absolute atomic E-state index is 10.8. The van der Waals surface area contributed by atoms with Gasteiger partial charge in [-0.1, -0.05) is 36.0 Å². The normalized spacial score (nSPS) is 14.2. The summed E-state index contributed by atoms with van der Waals surface area (Å²) in [5.41, 5.74) is 1.31. The summed E-state index contributed by atoms with van der Waals surface area (Å²) in [5, 5.41) is 21.2. The fraction of sp³-hybridized carbons (Fsp3) is 0.333. The van der Waals surface area contributed by atoms with Gasteiger partial charge in [-0.3, -0.25) is 9.78 Å². The Labute approximate surface area is 121 Å². The Morgan fingerprint density at radius 1 is 1.30 bits per heavy atom. The van der Waals surface area contributed by atoms with Gasteiger partial charge in [0.15, 0.2) is 5.12 Å². The van der Waals surface area contributed by atoms with Gasteiger partial charge in [0.05, 0.1) is 11.6 Å². The van der Waals surface area contributed by atoms with Gasteiger partial charge in [0.1, 0.15) is 6.10 Å². The standard InChI is InChI=1S/C15H17NO3S/c1-10(17)20-9-7-13(18)15(19)12-6-2-4-11-5-3-8-16-14(11)12/h2-6,8,13,15,18-19H,7,9H2,1H3. The maximum Gasteiger partial charge on any atom is 0.185 e. The number of benzene rings is 1. The molecule has 0 radical (unpaired) electrons. The van der Waals surface area contributed by atoms with Crippen LogP contribution in [0.2, 0.25) is 0 Å². The molecule has 0 aliphatic carbocycles. The van der Waals surface area contributed by atoms with Crippen molar-refractivity contribution in [2.24, 2.45) is 0 Å². The zero-order valence-corrected chi connectivity index (χ0v) is 12.0. The Hall–Kier alpha value is -1.43. The molecule has 2 atom stereocenters. The van der Waals surface area contributed by atoms with Crippen molar-refractivity contribution >= 4 is 27.8 Å². The smallest absolute Gasteiger partial charge is 0.185 e. The number of rotatable bonds is 5. The fourth-order valence-corrected chi connectivity index (χ4v) is 2.70. The van der Waals surface area contributed by atoms with E-state index in [1.165, 1.54) is 6.92 Å². The van der Waals surface area contributed by atoms with Crippen LogP contribution in [0.4, 0.5) is 0 Å². The molecular formula is C15H17NO3S. The van der Waals surface area contributed by atoms with Gasteiger partial charge in [-0.25, -0.2) is 0 Å². The lowest BCUT2D eigenvalue weighted by atomic mass is 9.99. The van der Waals surface area contributed by atoms with Crippen molar-refractivity contribution in [1.82, 2.24) is 4.98 Å². The van der Waals surface area contributed by atoms with Crippen molar-refractivity contribution in [3.8, 4) is 0 Å². The first-order valence-corrected chi connectivity index (χ1v) is 7.41. The number of thioether (sulfide) groups is 1. The van der Waals surface area contributed by atoms with Crippen LogP contribution in [0.5, 0.6) is 0 Å². The molecule has 4 nitrogen and oxygen atoms in total. The summed E-state index contributed by atoms with van der Waals surface area (Å²) in [4.78, 5) is 15.1. The molecule has 2 unspecified atom stereocenters. The van der Waals surface area contributed by atoms with E-state index in [9.17, 15) is 15.0 Å². The number of aliphatic hydroxyl groups is 2. The lowest BCUT2D eigenvalue weighted by Gasteiger charge is -2.19. The molecule has 2 aromatic rings. The van der Waals surface area contributed by atoms with Crippen molar-refractivity contribution in [2.45, 2.75) is 25.6 Å². The topological polar surface area (TPSA) is 70.4 Å². The van der Waals surface area contributed by atoms with E-state index < -0.39 is 12.2 Å². The highest BCUT2D eigenvalue weighted by atomic mass is 32.2. The average molecular weight is 291 g/mol. The average Bonchev–Trinajstić information content (AvgIpc) is 2.45. The van der Waals surface area contributed by atoms with Crippen molar-refractivity contribution in [1.29, 1.82) is 0 Å². The van der Waals surface area contributed by atoms with E-state index in [4.69, 9.17) is 0 Å². The van der Waals surface area contributed by atoms with Crippen LogP contribution < -0.4 is 0 Å². The largest absolute Gasteiger partial charge is 0.390 e. The highest BCUT2D eigenvalue weighted by molar-refractivity contribution is 8.13. The molecule has 1 heterocycles. The van der Waals surface area contributed by atoms with E-state index in [2.05, 4.69) is 4.98 Å². The van der Waals surface area contributed by atoms with Crippen molar-refractivity contribution in [2.75, 3.05) is 5.75 Å². The number of nitrogens with zero attached hydrogens (tertiary/aromatic N) is 1. The number of aliphatic hydroxyl groups excluding tert-OH is 2. The number of carbonyl (C=O) groups is 1. The Balaban J connectivity index is 2.14. The fourth-order valence-electron chi connectivity index (χ4n) is 2.06. The van der Waals surface area contributed by atoms with E-state index in [1.54, 1.807) is 12.3 Å². The van der Waals surface area contributed by atoms with E-state index in [0.29, 0.717) is 23.3 Å². The third kappa shape index (κ3) is 3.56. The van der Waals surface area contributed by atoms with E-state index in [1.807, 2.05) is 24.3 Å². The second-order valence-corrected chi connectivity index (χ2v) is 5.84. The summed E-state index contributed by atoms with van der Waals surface area (Å²) >= 11 is 1.15. The van der Waals surface area contributed by atoms with Crippen LogP contribution in [0.3, 0.4) is 0 Å². The summed E-state index contributed by atoms with van der Waals surface area (Å²) in [6.45, 7) is 1.49. The third-order valence-corrected chi connectivity index (χ3v) is 3.91. The van der Waals surface area contributed by atoms with Gasteiger partial charge in [0.2, 0.25) is 0 Å². The van der Waals surface area contributed by atoms with Gasteiger partial charge in [-0.05, 0) is 12.5 Å². The molecule has 0 spiro atoms. The zero-order valence-electron chi connectivity index (χ0n) is 11.2. The molecular weight excluding hydrogens is 274 g/mol. The number of para-hydroxylation sites is 1. The number of fused-ring (bicyclic) bond motifs is 1. The third-order valence-electron chi connectivity index (χ3n) is 3.07. The molecule has 0 bridgehead atoms. The minimum atomic E-state index is -0.999. The lowest BCUT2D eigenvalue weighted by molar-refractivity contribution is -0.109. The highest BCUT2D eigenvalue weighted by Gasteiger charge is 2.20. The number of hydrogen-bond donors (Lipinski definition) is 2. The Bertz CT molecular complexity index is 597. The van der Waals surface area contributed by atoms with Gasteiger partial charge in [0.25, 0.3) is 0 Å². The minimum absolute atomic E-state index is 0.0125. The molecule has 20 heavy (non-hydrogen) atoms. The highest BCUT2D eigenvalue weighted by Crippen LogP contribution is 2.26. The molecule has 1 aromatic carbocycles. The SMILES string of the molecule is CC(=O)SCCC(O)C(O)c1cccc2cccnc12. The van der Waals surface area contributed by atoms with Gasteiger partial charge < -0.3 is 10.2 Å². The predicted octanol–water partition coefficient (Wildman–Crippen LogP) is 2.30. The zero-order chi connectivity index (χ0) is 14.5. The van der Waals surface area contributed by atoms with Gasteiger partial charge >= 0.3 is 0 Å². The predicted molar refractivity (Wildman–Crippen MR) is 80.5 cm³/mol. The van der Waals surface area contributed by atoms with Crippen LogP contribution in [-0.2, 0) is 4.79 Å². The number of carbonyl (C=O) groups excluding carboxylic acids is 1. The van der Waals surface area contributed by atoms with Crippen molar-refractivity contribution in [3.63, 3.8) is 0 Å². The van der Waals surface area contributed by atoms with Crippen LogP contribution in [-0.4, -0.2) is 32.2 Å². The minimum Gasteiger partial charge on any atom is -0.390 e. The summed E-state index contributed by atoms with van der Waals surface area (Å²) in [6, 6.07) is 9.26. The van der Waals surface area contributed by atoms with Crippen LogP contribution in [0.15, 0.2) is 36.5 Å². The summed E-state index contributed by atoms with van der Waals surface area (Å²) in [5.74, 6) is 0.492. The van der Waals surface area contributed by atoms with Crippen molar-refractivity contribution < 1.29 is 15.0 Å². The van der Waals surface area contributed by atoms with Gasteiger partial charge in [-0.2, -0.15) is 0 Å². The number of pyridine rings is 1. The van der Waals surface area contributed by atoms with Crippen LogP contribution in [0, 0.1) is 0 Å². The molecule has 1 aromatic heterocycles. The first-order valence-electron chi connectivity index (χ1n) is 6.42. The second kappa shape index (κ2) is 6.83. The first-order chi connectivity index (χ1) is 9.59. The summed E-state index contributed by atoms with van der Waals surface area (Å²) in [7, 11) is 0. The van der Waals surface area contributed by atoms with E-state index >= 15 is 0 Å². The monoisotopic (exact) mass is 291 g/mol. The Kier molecular flexibility index (Phi) is 5.11. The molecule has 0 fully saturated rings. The molecule has 0 saturated heterocycles. The molecule has 106 valence electrons. The van der Waals surface area contributed by atoms with Crippen molar-refractivity contribution in [3.05, 3.63) is 42.1 Å². The second-order valence-electron chi connectivity index (χ2n) is 4.56. The molecule has 0 amide bonds.